The molecule has 0 unspecified atom stereocenters. The van der Waals surface area contributed by atoms with Crippen LogP contribution in [0.5, 0.6) is 0 Å². The van der Waals surface area contributed by atoms with E-state index in [9.17, 15) is 22.4 Å². The molecule has 1 heterocycles. The molecule has 0 bridgehead atoms. The van der Waals surface area contributed by atoms with Crippen molar-refractivity contribution in [2.45, 2.75) is 18.4 Å². The zero-order valence-electron chi connectivity index (χ0n) is 18.7. The lowest BCUT2D eigenvalue weighted by Crippen LogP contribution is -2.22. The lowest BCUT2D eigenvalue weighted by Gasteiger charge is -2.08. The van der Waals surface area contributed by atoms with E-state index in [-0.39, 0.29) is 22.7 Å². The third kappa shape index (κ3) is 5.47. The first-order valence-electron chi connectivity index (χ1n) is 10.3. The van der Waals surface area contributed by atoms with Crippen molar-refractivity contribution >= 4 is 49.1 Å². The predicted molar refractivity (Wildman–Crippen MR) is 130 cm³/mol. The maximum atomic E-state index is 13.1. The summed E-state index contributed by atoms with van der Waals surface area (Å²) in [6.07, 6.45) is 0. The molecule has 0 saturated carbocycles. The number of benzene rings is 3. The van der Waals surface area contributed by atoms with Gasteiger partial charge in [-0.25, -0.2) is 12.8 Å². The van der Waals surface area contributed by atoms with E-state index in [0.717, 1.165) is 40.0 Å². The number of fused-ring (bicyclic) bond motifs is 1. The number of aromatic nitrogens is 1. The van der Waals surface area contributed by atoms with Gasteiger partial charge >= 0.3 is 5.97 Å². The van der Waals surface area contributed by atoms with E-state index in [1.165, 1.54) is 42.7 Å². The zero-order chi connectivity index (χ0) is 25.2. The first-order chi connectivity index (χ1) is 16.7. The number of anilines is 1. The average Bonchev–Trinajstić information content (AvgIpc) is 3.15. The molecule has 0 radical (unpaired) electrons. The number of rotatable bonds is 6. The Bertz CT molecular complexity index is 1590. The molecule has 11 heteroatoms. The number of halogens is 1. The minimum atomic E-state index is -3.92. The first-order valence-corrected chi connectivity index (χ1v) is 12.6. The van der Waals surface area contributed by atoms with Gasteiger partial charge in [0, 0.05) is 11.3 Å². The van der Waals surface area contributed by atoms with Crippen molar-refractivity contribution in [1.29, 1.82) is 0 Å². The van der Waals surface area contributed by atoms with E-state index in [1.807, 2.05) is 25.1 Å². The Kier molecular flexibility index (Phi) is 6.81. The molecular formula is C24H20FN3O5S2. The summed E-state index contributed by atoms with van der Waals surface area (Å²) in [6.45, 7) is 1.84. The highest BCUT2D eigenvalue weighted by atomic mass is 32.2. The summed E-state index contributed by atoms with van der Waals surface area (Å²) in [4.78, 5) is 29.2. The van der Waals surface area contributed by atoms with Crippen LogP contribution in [0.2, 0.25) is 0 Å². The number of esters is 1. The van der Waals surface area contributed by atoms with E-state index in [2.05, 4.69) is 9.71 Å². The highest BCUT2D eigenvalue weighted by Gasteiger charge is 2.16. The Morgan fingerprint density at radius 3 is 2.40 bits per heavy atom. The summed E-state index contributed by atoms with van der Waals surface area (Å²) in [5, 5.41) is 0. The Balaban J connectivity index is 1.62. The smallest absolute Gasteiger partial charge is 0.325 e. The number of thiazole rings is 1. The lowest BCUT2D eigenvalue weighted by atomic mass is 10.2. The molecule has 0 spiro atoms. The number of amides is 1. The van der Waals surface area contributed by atoms with Crippen molar-refractivity contribution in [3.63, 3.8) is 0 Å². The van der Waals surface area contributed by atoms with Crippen molar-refractivity contribution in [3.8, 4) is 0 Å². The van der Waals surface area contributed by atoms with Crippen LogP contribution in [0, 0.1) is 12.7 Å². The van der Waals surface area contributed by atoms with Crippen LogP contribution >= 0.6 is 11.3 Å². The minimum absolute atomic E-state index is 0.0933. The topological polar surface area (TPSA) is 107 Å². The highest BCUT2D eigenvalue weighted by Crippen LogP contribution is 2.20. The normalized spacial score (nSPS) is 12.0. The number of hydrogen-bond donors (Lipinski definition) is 1. The van der Waals surface area contributed by atoms with E-state index in [4.69, 9.17) is 4.74 Å². The molecule has 35 heavy (non-hydrogen) atoms. The number of aryl methyl sites for hydroxylation is 1. The summed E-state index contributed by atoms with van der Waals surface area (Å²) in [7, 11) is -2.63. The monoisotopic (exact) mass is 513 g/mol. The van der Waals surface area contributed by atoms with E-state index < -0.39 is 27.7 Å². The summed E-state index contributed by atoms with van der Waals surface area (Å²) < 4.78 is 47.7. The Hall–Kier alpha value is -3.83. The van der Waals surface area contributed by atoms with Crippen molar-refractivity contribution in [2.24, 2.45) is 4.99 Å². The third-order valence-corrected chi connectivity index (χ3v) is 7.50. The number of nitrogens with one attached hydrogen (secondary N) is 1. The highest BCUT2D eigenvalue weighted by molar-refractivity contribution is 7.92. The molecule has 0 aliphatic carbocycles. The summed E-state index contributed by atoms with van der Waals surface area (Å²) in [5.74, 6) is -1.57. The lowest BCUT2D eigenvalue weighted by molar-refractivity contribution is -0.141. The summed E-state index contributed by atoms with van der Waals surface area (Å²) >= 11 is 1.27. The Morgan fingerprint density at radius 1 is 1.06 bits per heavy atom. The van der Waals surface area contributed by atoms with Gasteiger partial charge in [0.1, 0.15) is 12.4 Å². The standard InChI is InChI=1S/C24H20FN3O5S2/c1-15-3-12-20-21(13-15)34-24(28(20)14-22(29)33-2)26-23(30)16-4-8-18(9-5-16)27-35(31,32)19-10-6-17(25)7-11-19/h3-13,27H,14H2,1-2H3. The average molecular weight is 514 g/mol. The van der Waals surface area contributed by atoms with Crippen molar-refractivity contribution in [1.82, 2.24) is 4.57 Å². The number of carbonyl (C=O) groups is 2. The molecule has 4 rings (SSSR count). The fourth-order valence-corrected chi connectivity index (χ4v) is 5.46. The zero-order valence-corrected chi connectivity index (χ0v) is 20.3. The molecule has 0 atom stereocenters. The number of nitrogens with zero attached hydrogens (tertiary/aromatic N) is 2. The van der Waals surface area contributed by atoms with Crippen molar-refractivity contribution < 1.29 is 27.1 Å². The van der Waals surface area contributed by atoms with Crippen LogP contribution in [0.15, 0.2) is 76.6 Å². The van der Waals surface area contributed by atoms with Gasteiger partial charge in [-0.2, -0.15) is 4.99 Å². The van der Waals surface area contributed by atoms with Crippen LogP contribution < -0.4 is 9.52 Å². The largest absolute Gasteiger partial charge is 0.468 e. The SMILES string of the molecule is COC(=O)Cn1c(=NC(=O)c2ccc(NS(=O)(=O)c3ccc(F)cc3)cc2)sc2cc(C)ccc21. The maximum Gasteiger partial charge on any atom is 0.325 e. The van der Waals surface area contributed by atoms with Gasteiger partial charge in [0.25, 0.3) is 15.9 Å². The fourth-order valence-electron chi connectivity index (χ4n) is 3.27. The Labute approximate surface area is 204 Å². The fraction of sp³-hybridized carbons (Fsp3) is 0.125. The quantitative estimate of drug-likeness (QED) is 0.394. The number of hydrogen-bond acceptors (Lipinski definition) is 6. The van der Waals surface area contributed by atoms with Gasteiger partial charge in [-0.3, -0.25) is 14.3 Å². The van der Waals surface area contributed by atoms with Crippen LogP contribution in [0.3, 0.4) is 0 Å². The molecule has 0 aliphatic rings. The molecule has 0 saturated heterocycles. The molecule has 1 amide bonds. The van der Waals surface area contributed by atoms with Crippen LogP contribution in [0.25, 0.3) is 10.2 Å². The molecular weight excluding hydrogens is 493 g/mol. The molecule has 1 aromatic heterocycles. The molecule has 8 nitrogen and oxygen atoms in total. The van der Waals surface area contributed by atoms with Crippen LogP contribution in [0.1, 0.15) is 15.9 Å². The van der Waals surface area contributed by atoms with Gasteiger partial charge in [0.05, 0.1) is 22.2 Å². The molecule has 0 fully saturated rings. The Morgan fingerprint density at radius 2 is 1.74 bits per heavy atom. The minimum Gasteiger partial charge on any atom is -0.468 e. The molecule has 3 aromatic carbocycles. The van der Waals surface area contributed by atoms with E-state index >= 15 is 0 Å². The van der Waals surface area contributed by atoms with Crippen molar-refractivity contribution in [2.75, 3.05) is 11.8 Å². The van der Waals surface area contributed by atoms with E-state index in [1.54, 1.807) is 4.57 Å². The second-order valence-electron chi connectivity index (χ2n) is 7.57. The van der Waals surface area contributed by atoms with Gasteiger partial charge < -0.3 is 9.30 Å². The van der Waals surface area contributed by atoms with Crippen LogP contribution in [0.4, 0.5) is 10.1 Å². The molecule has 1 N–H and O–H groups in total. The maximum absolute atomic E-state index is 13.1. The van der Waals surface area contributed by atoms with Gasteiger partial charge in [0.2, 0.25) is 0 Å². The summed E-state index contributed by atoms with van der Waals surface area (Å²) in [6, 6.07) is 15.9. The third-order valence-electron chi connectivity index (χ3n) is 5.06. The summed E-state index contributed by atoms with van der Waals surface area (Å²) in [5.41, 5.74) is 2.24. The number of ether oxygens (including phenoxy) is 1. The van der Waals surface area contributed by atoms with Gasteiger partial charge in [-0.1, -0.05) is 17.4 Å². The van der Waals surface area contributed by atoms with Gasteiger partial charge in [0.15, 0.2) is 4.80 Å². The molecule has 0 aliphatic heterocycles. The molecule has 4 aromatic rings. The second-order valence-corrected chi connectivity index (χ2v) is 10.3. The second kappa shape index (κ2) is 9.80. The van der Waals surface area contributed by atoms with Crippen LogP contribution in [-0.2, 0) is 26.1 Å². The number of carbonyl (C=O) groups excluding carboxylic acids is 2. The van der Waals surface area contributed by atoms with Gasteiger partial charge in [-0.05, 0) is 73.2 Å². The first kappa shape index (κ1) is 24.3. The number of methoxy groups -OCH3 is 1. The van der Waals surface area contributed by atoms with Crippen LogP contribution in [-0.4, -0.2) is 32.0 Å². The van der Waals surface area contributed by atoms with Crippen molar-refractivity contribution in [3.05, 3.63) is 88.5 Å². The van der Waals surface area contributed by atoms with E-state index in [0.29, 0.717) is 4.80 Å². The molecule has 180 valence electrons. The number of sulfonamides is 1. The predicted octanol–water partition coefficient (Wildman–Crippen LogP) is 3.87. The van der Waals surface area contributed by atoms with Gasteiger partial charge in [-0.15, -0.1) is 0 Å².